The molecule has 0 aliphatic carbocycles. The molecule has 0 aliphatic rings. The third-order valence-electron chi connectivity index (χ3n) is 7.81. The number of hydrogen-bond donors (Lipinski definition) is 1. The molecule has 0 spiro atoms. The minimum absolute atomic E-state index is 0.945. The Morgan fingerprint density at radius 2 is 1.41 bits per heavy atom. The molecule has 0 atom stereocenters. The maximum atomic E-state index is 5.29. The molecule has 8 aromatic rings. The van der Waals surface area contributed by atoms with E-state index in [9.17, 15) is 0 Å². The molecule has 39 heavy (non-hydrogen) atoms. The first-order valence-corrected chi connectivity index (χ1v) is 13.2. The van der Waals surface area contributed by atoms with Crippen molar-refractivity contribution in [3.8, 4) is 33.8 Å². The van der Waals surface area contributed by atoms with Crippen molar-refractivity contribution in [2.75, 3.05) is 0 Å². The number of pyridine rings is 1. The SMILES string of the molecule is Cn1c(-c2cccc3c2[nH]c2ccccc23)nc2c(-c3cc(-c4ccccn4)c4ccccc4c3)cccc21. The number of aromatic amines is 1. The fourth-order valence-corrected chi connectivity index (χ4v) is 5.95. The van der Waals surface area contributed by atoms with Crippen LogP contribution in [0.25, 0.3) is 77.4 Å². The largest absolute Gasteiger partial charge is 0.354 e. The number of benzene rings is 5. The summed E-state index contributed by atoms with van der Waals surface area (Å²) in [5, 5.41) is 4.82. The lowest BCUT2D eigenvalue weighted by atomic mass is 9.94. The molecule has 1 N–H and O–H groups in total. The van der Waals surface area contributed by atoms with Crippen molar-refractivity contribution in [3.05, 3.63) is 121 Å². The van der Waals surface area contributed by atoms with Gasteiger partial charge in [0.2, 0.25) is 0 Å². The molecule has 5 aromatic carbocycles. The van der Waals surface area contributed by atoms with Gasteiger partial charge in [0.05, 0.1) is 22.2 Å². The predicted octanol–water partition coefficient (Wildman–Crippen LogP) is 8.76. The van der Waals surface area contributed by atoms with Crippen molar-refractivity contribution in [2.24, 2.45) is 7.05 Å². The number of fused-ring (bicyclic) bond motifs is 5. The van der Waals surface area contributed by atoms with Crippen LogP contribution in [0.5, 0.6) is 0 Å². The molecular weight excluding hydrogens is 476 g/mol. The van der Waals surface area contributed by atoms with Crippen LogP contribution < -0.4 is 0 Å². The van der Waals surface area contributed by atoms with Crippen LogP contribution in [0.4, 0.5) is 0 Å². The van der Waals surface area contributed by atoms with Crippen molar-refractivity contribution in [3.63, 3.8) is 0 Å². The molecule has 0 saturated heterocycles. The highest BCUT2D eigenvalue weighted by molar-refractivity contribution is 6.12. The zero-order valence-corrected chi connectivity index (χ0v) is 21.4. The van der Waals surface area contributed by atoms with Crippen LogP contribution >= 0.6 is 0 Å². The highest BCUT2D eigenvalue weighted by Crippen LogP contribution is 2.38. The quantitative estimate of drug-likeness (QED) is 0.264. The van der Waals surface area contributed by atoms with Gasteiger partial charge in [0.15, 0.2) is 0 Å². The van der Waals surface area contributed by atoms with Gasteiger partial charge in [-0.25, -0.2) is 4.98 Å². The average Bonchev–Trinajstić information content (AvgIpc) is 3.55. The number of aromatic nitrogens is 4. The van der Waals surface area contributed by atoms with Crippen LogP contribution in [0, 0.1) is 0 Å². The lowest BCUT2D eigenvalue weighted by molar-refractivity contribution is 0.960. The summed E-state index contributed by atoms with van der Waals surface area (Å²) < 4.78 is 2.21. The molecule has 4 nitrogen and oxygen atoms in total. The molecule has 0 saturated carbocycles. The number of H-pyrrole nitrogens is 1. The summed E-state index contributed by atoms with van der Waals surface area (Å²) in [6.07, 6.45) is 1.85. The summed E-state index contributed by atoms with van der Waals surface area (Å²) in [7, 11) is 2.11. The van der Waals surface area contributed by atoms with E-state index < -0.39 is 0 Å². The van der Waals surface area contributed by atoms with Crippen LogP contribution in [0.1, 0.15) is 0 Å². The van der Waals surface area contributed by atoms with Crippen LogP contribution in [0.2, 0.25) is 0 Å². The van der Waals surface area contributed by atoms with E-state index in [-0.39, 0.29) is 0 Å². The Hall–Kier alpha value is -5.22. The molecule has 0 bridgehead atoms. The highest BCUT2D eigenvalue weighted by atomic mass is 15.1. The molecule has 0 fully saturated rings. The molecule has 184 valence electrons. The molecule has 4 heteroatoms. The van der Waals surface area contributed by atoms with Gasteiger partial charge in [-0.2, -0.15) is 0 Å². The predicted molar refractivity (Wildman–Crippen MR) is 162 cm³/mol. The van der Waals surface area contributed by atoms with E-state index in [1.165, 1.54) is 21.5 Å². The number of nitrogens with one attached hydrogen (secondary N) is 1. The molecule has 0 radical (unpaired) electrons. The molecule has 8 rings (SSSR count). The van der Waals surface area contributed by atoms with Gasteiger partial charge in [-0.3, -0.25) is 4.98 Å². The third kappa shape index (κ3) is 3.32. The Labute approximate surface area is 225 Å². The number of nitrogens with zero attached hydrogens (tertiary/aromatic N) is 3. The second kappa shape index (κ2) is 8.40. The summed E-state index contributed by atoms with van der Waals surface area (Å²) in [5.41, 5.74) is 9.78. The third-order valence-corrected chi connectivity index (χ3v) is 7.81. The minimum atomic E-state index is 0.945. The molecule has 0 aliphatic heterocycles. The molecule has 3 heterocycles. The van der Waals surface area contributed by atoms with E-state index in [1.807, 2.05) is 18.3 Å². The lowest BCUT2D eigenvalue weighted by Crippen LogP contribution is -1.93. The number of hydrogen-bond acceptors (Lipinski definition) is 2. The monoisotopic (exact) mass is 500 g/mol. The summed E-state index contributed by atoms with van der Waals surface area (Å²) >= 11 is 0. The summed E-state index contributed by atoms with van der Waals surface area (Å²) in [6.45, 7) is 0. The Bertz CT molecular complexity index is 2180. The number of aryl methyl sites for hydroxylation is 1. The summed E-state index contributed by atoms with van der Waals surface area (Å²) in [5.74, 6) is 0.945. The van der Waals surface area contributed by atoms with E-state index >= 15 is 0 Å². The van der Waals surface area contributed by atoms with Gasteiger partial charge in [-0.15, -0.1) is 0 Å². The molecule has 0 unspecified atom stereocenters. The molecule has 0 amide bonds. The van der Waals surface area contributed by atoms with Gasteiger partial charge < -0.3 is 9.55 Å². The zero-order chi connectivity index (χ0) is 25.9. The topological polar surface area (TPSA) is 46.5 Å². The van der Waals surface area contributed by atoms with Crippen molar-refractivity contribution in [2.45, 2.75) is 0 Å². The normalized spacial score (nSPS) is 11.7. The second-order valence-corrected chi connectivity index (χ2v) is 10.0. The van der Waals surface area contributed by atoms with Gasteiger partial charge in [0.25, 0.3) is 0 Å². The number of imidazole rings is 1. The molecule has 3 aromatic heterocycles. The number of rotatable bonds is 3. The lowest BCUT2D eigenvalue weighted by Gasteiger charge is -2.11. The van der Waals surface area contributed by atoms with Crippen molar-refractivity contribution >= 4 is 43.6 Å². The van der Waals surface area contributed by atoms with Crippen LogP contribution in [-0.2, 0) is 7.05 Å². The number of para-hydroxylation sites is 3. The van der Waals surface area contributed by atoms with Gasteiger partial charge in [0, 0.05) is 46.2 Å². The summed E-state index contributed by atoms with van der Waals surface area (Å²) in [6, 6.07) is 40.5. The van der Waals surface area contributed by atoms with Crippen molar-refractivity contribution < 1.29 is 0 Å². The highest BCUT2D eigenvalue weighted by Gasteiger charge is 2.18. The van der Waals surface area contributed by atoms with Crippen LogP contribution in [-0.4, -0.2) is 19.5 Å². The van der Waals surface area contributed by atoms with E-state index in [0.29, 0.717) is 0 Å². The van der Waals surface area contributed by atoms with E-state index in [0.717, 1.165) is 55.8 Å². The van der Waals surface area contributed by atoms with Crippen LogP contribution in [0.15, 0.2) is 121 Å². The first-order valence-electron chi connectivity index (χ1n) is 13.2. The standard InChI is InChI=1S/C35H24N4/c1-39-32-18-9-13-25(23-20-22-10-2-3-11-24(22)29(21-23)30-16-6-7-19-36-30)34(32)38-35(39)28-15-8-14-27-26-12-4-5-17-31(26)37-33(27)28/h2-21,37H,1H3. The Kier molecular flexibility index (Phi) is 4.70. The van der Waals surface area contributed by atoms with E-state index in [2.05, 4.69) is 125 Å². The maximum Gasteiger partial charge on any atom is 0.143 e. The van der Waals surface area contributed by atoms with Gasteiger partial charge in [0.1, 0.15) is 5.82 Å². The van der Waals surface area contributed by atoms with Gasteiger partial charge in [-0.1, -0.05) is 72.8 Å². The summed E-state index contributed by atoms with van der Waals surface area (Å²) in [4.78, 5) is 13.6. The zero-order valence-electron chi connectivity index (χ0n) is 21.4. The Balaban J connectivity index is 1.38. The minimum Gasteiger partial charge on any atom is -0.354 e. The Morgan fingerprint density at radius 3 is 2.31 bits per heavy atom. The Morgan fingerprint density at radius 1 is 0.641 bits per heavy atom. The van der Waals surface area contributed by atoms with E-state index in [4.69, 9.17) is 4.98 Å². The van der Waals surface area contributed by atoms with Crippen molar-refractivity contribution in [1.29, 1.82) is 0 Å². The van der Waals surface area contributed by atoms with Crippen LogP contribution in [0.3, 0.4) is 0 Å². The fourth-order valence-electron chi connectivity index (χ4n) is 5.95. The maximum absolute atomic E-state index is 5.29. The smallest absolute Gasteiger partial charge is 0.143 e. The van der Waals surface area contributed by atoms with Gasteiger partial charge >= 0.3 is 0 Å². The fraction of sp³-hybridized carbons (Fsp3) is 0.0286. The molecular formula is C35H24N4. The second-order valence-electron chi connectivity index (χ2n) is 10.0. The average molecular weight is 501 g/mol. The van der Waals surface area contributed by atoms with E-state index in [1.54, 1.807) is 0 Å². The van der Waals surface area contributed by atoms with Crippen molar-refractivity contribution in [1.82, 2.24) is 19.5 Å². The first-order chi connectivity index (χ1) is 19.3. The van der Waals surface area contributed by atoms with Gasteiger partial charge in [-0.05, 0) is 58.8 Å². The first kappa shape index (κ1) is 21.8.